The first kappa shape index (κ1) is 24.4. The van der Waals surface area contributed by atoms with Crippen LogP contribution in [0, 0.1) is 6.92 Å². The van der Waals surface area contributed by atoms with Gasteiger partial charge in [-0.1, -0.05) is 46.6 Å². The molecule has 174 valence electrons. The Morgan fingerprint density at radius 1 is 1.00 bits per heavy atom. The molecule has 10 heteroatoms. The van der Waals surface area contributed by atoms with E-state index in [1.54, 1.807) is 36.4 Å². The zero-order valence-corrected chi connectivity index (χ0v) is 21.3. The number of anilines is 1. The number of aromatic nitrogens is 3. The number of aryl methyl sites for hydroxylation is 1. The number of rotatable bonds is 7. The smallest absolute Gasteiger partial charge is 0.234 e. The van der Waals surface area contributed by atoms with E-state index in [2.05, 4.69) is 15.5 Å². The lowest BCUT2D eigenvalue weighted by Crippen LogP contribution is -2.15. The number of methoxy groups -OCH3 is 1. The summed E-state index contributed by atoms with van der Waals surface area (Å²) in [4.78, 5) is 12.7. The summed E-state index contributed by atoms with van der Waals surface area (Å²) in [7, 11) is 1.53. The van der Waals surface area contributed by atoms with E-state index in [4.69, 9.17) is 39.5 Å². The molecule has 0 aliphatic carbocycles. The molecule has 34 heavy (non-hydrogen) atoms. The second kappa shape index (κ2) is 10.7. The van der Waals surface area contributed by atoms with E-state index < -0.39 is 0 Å². The Morgan fingerprint density at radius 3 is 2.29 bits per heavy atom. The van der Waals surface area contributed by atoms with Crippen molar-refractivity contribution in [3.05, 3.63) is 81.3 Å². The molecule has 4 aromatic rings. The predicted molar refractivity (Wildman–Crippen MR) is 139 cm³/mol. The van der Waals surface area contributed by atoms with Gasteiger partial charge in [0, 0.05) is 32.4 Å². The number of ether oxygens (including phenoxy) is 1. The number of carbonyl (C=O) groups excluding carboxylic acids is 1. The maximum Gasteiger partial charge on any atom is 0.234 e. The molecule has 0 spiro atoms. The number of carbonyl (C=O) groups is 1. The largest absolute Gasteiger partial charge is 0.495 e. The van der Waals surface area contributed by atoms with Crippen LogP contribution in [0.3, 0.4) is 0 Å². The number of nitrogens with one attached hydrogen (secondary N) is 1. The highest BCUT2D eigenvalue weighted by Crippen LogP contribution is 2.32. The number of halogens is 3. The fourth-order valence-electron chi connectivity index (χ4n) is 3.22. The van der Waals surface area contributed by atoms with Crippen LogP contribution < -0.4 is 10.1 Å². The Hall–Kier alpha value is -2.71. The fourth-order valence-corrected chi connectivity index (χ4v) is 4.38. The average Bonchev–Trinajstić information content (AvgIpc) is 3.25. The van der Waals surface area contributed by atoms with E-state index in [0.29, 0.717) is 37.5 Å². The summed E-state index contributed by atoms with van der Waals surface area (Å²) in [5, 5.41) is 14.0. The minimum atomic E-state index is -0.219. The minimum absolute atomic E-state index is 0.108. The summed E-state index contributed by atoms with van der Waals surface area (Å²) in [5.74, 6) is 1.00. The van der Waals surface area contributed by atoms with Gasteiger partial charge in [0.1, 0.15) is 5.75 Å². The molecule has 3 aromatic carbocycles. The number of hydrogen-bond donors (Lipinski definition) is 1. The van der Waals surface area contributed by atoms with Gasteiger partial charge in [-0.05, 0) is 67.1 Å². The van der Waals surface area contributed by atoms with Gasteiger partial charge in [-0.15, -0.1) is 10.2 Å². The summed E-state index contributed by atoms with van der Waals surface area (Å²) in [5.41, 5.74) is 3.04. The first-order chi connectivity index (χ1) is 16.4. The lowest BCUT2D eigenvalue weighted by atomic mass is 10.2. The Bertz CT molecular complexity index is 1330. The van der Waals surface area contributed by atoms with Gasteiger partial charge >= 0.3 is 0 Å². The summed E-state index contributed by atoms with van der Waals surface area (Å²) in [6.07, 6.45) is 0. The minimum Gasteiger partial charge on any atom is -0.495 e. The molecule has 4 rings (SSSR count). The highest BCUT2D eigenvalue weighted by molar-refractivity contribution is 7.99. The number of hydrogen-bond acceptors (Lipinski definition) is 5. The summed E-state index contributed by atoms with van der Waals surface area (Å²) < 4.78 is 7.22. The van der Waals surface area contributed by atoms with Crippen LogP contribution in [0.1, 0.15) is 5.56 Å². The molecule has 1 amide bonds. The lowest BCUT2D eigenvalue weighted by Gasteiger charge is -2.13. The van der Waals surface area contributed by atoms with Crippen molar-refractivity contribution in [1.29, 1.82) is 0 Å². The highest BCUT2D eigenvalue weighted by Gasteiger charge is 2.18. The zero-order valence-electron chi connectivity index (χ0n) is 18.2. The van der Waals surface area contributed by atoms with Gasteiger partial charge in [-0.3, -0.25) is 9.36 Å². The molecule has 1 aromatic heterocycles. The van der Waals surface area contributed by atoms with E-state index in [1.165, 1.54) is 18.9 Å². The van der Waals surface area contributed by atoms with Crippen LogP contribution in [0.5, 0.6) is 5.75 Å². The van der Waals surface area contributed by atoms with Gasteiger partial charge < -0.3 is 10.1 Å². The molecule has 0 bridgehead atoms. The fraction of sp³-hybridized carbons (Fsp3) is 0.125. The molecule has 0 fully saturated rings. The van der Waals surface area contributed by atoms with Crippen LogP contribution in [-0.4, -0.2) is 33.5 Å². The molecule has 0 aliphatic rings. The van der Waals surface area contributed by atoms with Gasteiger partial charge in [0.05, 0.1) is 18.6 Å². The number of nitrogens with zero attached hydrogens (tertiary/aromatic N) is 3. The van der Waals surface area contributed by atoms with Crippen molar-refractivity contribution >= 4 is 58.2 Å². The van der Waals surface area contributed by atoms with Crippen molar-refractivity contribution in [1.82, 2.24) is 14.8 Å². The molecule has 0 unspecified atom stereocenters. The Labute approximate surface area is 216 Å². The van der Waals surface area contributed by atoms with Crippen molar-refractivity contribution in [2.45, 2.75) is 12.1 Å². The van der Waals surface area contributed by atoms with Crippen LogP contribution in [-0.2, 0) is 4.79 Å². The number of benzene rings is 3. The van der Waals surface area contributed by atoms with E-state index in [9.17, 15) is 4.79 Å². The van der Waals surface area contributed by atoms with Gasteiger partial charge in [0.2, 0.25) is 5.91 Å². The van der Waals surface area contributed by atoms with Crippen LogP contribution >= 0.6 is 46.6 Å². The van der Waals surface area contributed by atoms with Crippen LogP contribution in [0.2, 0.25) is 15.1 Å². The molecule has 0 saturated carbocycles. The van der Waals surface area contributed by atoms with Crippen LogP contribution in [0.15, 0.2) is 65.8 Å². The van der Waals surface area contributed by atoms with Gasteiger partial charge in [-0.2, -0.15) is 0 Å². The molecule has 0 radical (unpaired) electrons. The van der Waals surface area contributed by atoms with E-state index in [1.807, 2.05) is 35.8 Å². The molecule has 0 aliphatic heterocycles. The van der Waals surface area contributed by atoms with Gasteiger partial charge in [-0.25, -0.2) is 0 Å². The summed E-state index contributed by atoms with van der Waals surface area (Å²) >= 11 is 19.6. The van der Waals surface area contributed by atoms with E-state index in [0.717, 1.165) is 16.8 Å². The highest BCUT2D eigenvalue weighted by atomic mass is 35.5. The molecule has 6 nitrogen and oxygen atoms in total. The van der Waals surface area contributed by atoms with Crippen LogP contribution in [0.4, 0.5) is 5.69 Å². The number of thioether (sulfide) groups is 1. The van der Waals surface area contributed by atoms with Crippen molar-refractivity contribution in [2.75, 3.05) is 18.2 Å². The molecule has 1 N–H and O–H groups in total. The van der Waals surface area contributed by atoms with E-state index in [-0.39, 0.29) is 11.7 Å². The maximum absolute atomic E-state index is 12.7. The van der Waals surface area contributed by atoms with Crippen LogP contribution in [0.25, 0.3) is 17.1 Å². The molecular formula is C24H19Cl3N4O2S. The lowest BCUT2D eigenvalue weighted by molar-refractivity contribution is -0.113. The predicted octanol–water partition coefficient (Wildman–Crippen LogP) is 6.94. The second-order valence-electron chi connectivity index (χ2n) is 7.26. The Kier molecular flexibility index (Phi) is 7.68. The first-order valence-electron chi connectivity index (χ1n) is 10.1. The third kappa shape index (κ3) is 5.50. The van der Waals surface area contributed by atoms with Gasteiger partial charge in [0.15, 0.2) is 11.0 Å². The molecule has 0 saturated heterocycles. The monoisotopic (exact) mass is 532 g/mol. The Morgan fingerprint density at radius 2 is 1.65 bits per heavy atom. The normalized spacial score (nSPS) is 10.9. The average molecular weight is 534 g/mol. The van der Waals surface area contributed by atoms with Crippen molar-refractivity contribution in [3.8, 4) is 22.8 Å². The summed E-state index contributed by atoms with van der Waals surface area (Å²) in [6.45, 7) is 1.86. The topological polar surface area (TPSA) is 69.0 Å². The SMILES string of the molecule is COc1cc(Cl)c(C)cc1NC(=O)CSc1nnc(-c2ccc(Cl)cc2)n1-c1ccc(Cl)cc1. The standard InChI is InChI=1S/C24H19Cl3N4O2S/c1-14-11-20(21(33-2)12-19(14)27)28-22(32)13-34-24-30-29-23(15-3-5-16(25)6-4-15)31(24)18-9-7-17(26)8-10-18/h3-12H,13H2,1-2H3,(H,28,32). The third-order valence-electron chi connectivity index (χ3n) is 4.91. The van der Waals surface area contributed by atoms with Crippen molar-refractivity contribution in [3.63, 3.8) is 0 Å². The third-order valence-corrected chi connectivity index (χ3v) is 6.75. The number of amides is 1. The molecular weight excluding hydrogens is 515 g/mol. The maximum atomic E-state index is 12.7. The molecule has 1 heterocycles. The first-order valence-corrected chi connectivity index (χ1v) is 12.2. The van der Waals surface area contributed by atoms with Crippen molar-refractivity contribution in [2.24, 2.45) is 0 Å². The zero-order chi connectivity index (χ0) is 24.2. The quantitative estimate of drug-likeness (QED) is 0.261. The van der Waals surface area contributed by atoms with Crippen molar-refractivity contribution < 1.29 is 9.53 Å². The summed E-state index contributed by atoms with van der Waals surface area (Å²) in [6, 6.07) is 18.1. The van der Waals surface area contributed by atoms with Gasteiger partial charge in [0.25, 0.3) is 0 Å². The van der Waals surface area contributed by atoms with E-state index >= 15 is 0 Å². The molecule has 0 atom stereocenters. The second-order valence-corrected chi connectivity index (χ2v) is 9.49. The Balaban J connectivity index is 1.60.